The maximum Gasteiger partial charge on any atom is 0.355 e. The van der Waals surface area contributed by atoms with Gasteiger partial charge in [0.2, 0.25) is 5.13 Å². The molecule has 6 nitrogen and oxygen atoms in total. The van der Waals surface area contributed by atoms with E-state index in [4.69, 9.17) is 5.11 Å². The fourth-order valence-corrected chi connectivity index (χ4v) is 2.58. The summed E-state index contributed by atoms with van der Waals surface area (Å²) in [7, 11) is 0. The van der Waals surface area contributed by atoms with Gasteiger partial charge in [0.1, 0.15) is 5.82 Å². The van der Waals surface area contributed by atoms with Crippen LogP contribution in [-0.2, 0) is 0 Å². The Morgan fingerprint density at radius 3 is 2.81 bits per heavy atom. The molecule has 8 heteroatoms. The molecule has 0 aliphatic carbocycles. The molecule has 2 heterocycles. The van der Waals surface area contributed by atoms with Crippen molar-refractivity contribution in [3.8, 4) is 16.4 Å². The molecule has 0 radical (unpaired) electrons. The number of aromatic amines is 1. The van der Waals surface area contributed by atoms with E-state index in [0.717, 1.165) is 16.0 Å². The minimum absolute atomic E-state index is 0.149. The van der Waals surface area contributed by atoms with Crippen LogP contribution in [0.2, 0.25) is 0 Å². The highest BCUT2D eigenvalue weighted by atomic mass is 32.1. The van der Waals surface area contributed by atoms with Gasteiger partial charge in [-0.3, -0.25) is 9.89 Å². The van der Waals surface area contributed by atoms with Crippen molar-refractivity contribution in [1.29, 1.82) is 0 Å². The maximum absolute atomic E-state index is 13.7. The average molecular weight is 305 g/mol. The van der Waals surface area contributed by atoms with Gasteiger partial charge in [-0.2, -0.15) is 4.68 Å². The minimum Gasteiger partial charge on any atom is -0.476 e. The number of hydrogen-bond acceptors (Lipinski definition) is 4. The van der Waals surface area contributed by atoms with Crippen LogP contribution in [0.15, 0.2) is 40.5 Å². The summed E-state index contributed by atoms with van der Waals surface area (Å²) in [5, 5.41) is 13.1. The summed E-state index contributed by atoms with van der Waals surface area (Å²) in [5.74, 6) is -1.64. The van der Waals surface area contributed by atoms with Crippen LogP contribution in [-0.4, -0.2) is 25.8 Å². The second-order valence-electron chi connectivity index (χ2n) is 4.14. The number of thiazole rings is 1. The lowest BCUT2D eigenvalue weighted by Gasteiger charge is -1.99. The number of nitrogens with one attached hydrogen (secondary N) is 1. The van der Waals surface area contributed by atoms with Crippen molar-refractivity contribution in [1.82, 2.24) is 14.8 Å². The molecule has 0 atom stereocenters. The number of H-pyrrole nitrogens is 1. The van der Waals surface area contributed by atoms with Crippen LogP contribution in [0.25, 0.3) is 16.4 Å². The highest BCUT2D eigenvalue weighted by Gasteiger charge is 2.14. The van der Waals surface area contributed by atoms with Crippen LogP contribution in [0, 0.1) is 5.82 Å². The molecule has 1 aromatic carbocycles. The highest BCUT2D eigenvalue weighted by molar-refractivity contribution is 7.12. The summed E-state index contributed by atoms with van der Waals surface area (Å²) < 4.78 is 14.8. The van der Waals surface area contributed by atoms with Crippen LogP contribution < -0.4 is 5.56 Å². The van der Waals surface area contributed by atoms with E-state index in [-0.39, 0.29) is 16.4 Å². The van der Waals surface area contributed by atoms with Gasteiger partial charge in [0, 0.05) is 17.0 Å². The monoisotopic (exact) mass is 305 g/mol. The van der Waals surface area contributed by atoms with Crippen molar-refractivity contribution in [2.45, 2.75) is 0 Å². The van der Waals surface area contributed by atoms with Gasteiger partial charge in [-0.05, 0) is 12.1 Å². The van der Waals surface area contributed by atoms with Crippen LogP contribution in [0.5, 0.6) is 0 Å². The molecular formula is C13H8FN3O3S. The van der Waals surface area contributed by atoms with Gasteiger partial charge in [-0.15, -0.1) is 11.3 Å². The number of carbonyl (C=O) groups is 1. The molecule has 3 rings (SSSR count). The van der Waals surface area contributed by atoms with Gasteiger partial charge in [-0.1, -0.05) is 12.1 Å². The van der Waals surface area contributed by atoms with Gasteiger partial charge >= 0.3 is 5.97 Å². The first-order valence-electron chi connectivity index (χ1n) is 5.82. The van der Waals surface area contributed by atoms with Crippen LogP contribution in [0.4, 0.5) is 4.39 Å². The normalized spacial score (nSPS) is 10.7. The van der Waals surface area contributed by atoms with Crippen molar-refractivity contribution in [3.05, 3.63) is 57.6 Å². The number of hydrogen-bond donors (Lipinski definition) is 2. The first-order chi connectivity index (χ1) is 10.1. The second-order valence-corrected chi connectivity index (χ2v) is 4.98. The third-order valence-electron chi connectivity index (χ3n) is 2.79. The molecule has 2 aromatic heterocycles. The molecule has 21 heavy (non-hydrogen) atoms. The first kappa shape index (κ1) is 13.3. The van der Waals surface area contributed by atoms with E-state index in [9.17, 15) is 14.0 Å². The van der Waals surface area contributed by atoms with Gasteiger partial charge in [0.25, 0.3) is 5.56 Å². The van der Waals surface area contributed by atoms with E-state index in [1.54, 1.807) is 12.1 Å². The number of benzene rings is 1. The Morgan fingerprint density at radius 1 is 1.38 bits per heavy atom. The largest absolute Gasteiger partial charge is 0.476 e. The van der Waals surface area contributed by atoms with Crippen molar-refractivity contribution in [3.63, 3.8) is 0 Å². The van der Waals surface area contributed by atoms with Crippen LogP contribution in [0.3, 0.4) is 0 Å². The molecule has 0 bridgehead atoms. The smallest absolute Gasteiger partial charge is 0.355 e. The van der Waals surface area contributed by atoms with Gasteiger partial charge in [0.15, 0.2) is 5.69 Å². The summed E-state index contributed by atoms with van der Waals surface area (Å²) in [4.78, 5) is 26.6. The highest BCUT2D eigenvalue weighted by Crippen LogP contribution is 2.20. The van der Waals surface area contributed by atoms with Crippen molar-refractivity contribution in [2.24, 2.45) is 0 Å². The van der Waals surface area contributed by atoms with Crippen molar-refractivity contribution in [2.75, 3.05) is 0 Å². The van der Waals surface area contributed by atoms with E-state index in [2.05, 4.69) is 10.1 Å². The number of halogens is 1. The van der Waals surface area contributed by atoms with E-state index in [1.807, 2.05) is 0 Å². The van der Waals surface area contributed by atoms with E-state index in [1.165, 1.54) is 23.6 Å². The quantitative estimate of drug-likeness (QED) is 0.776. The predicted octanol–water partition coefficient (Wildman–Crippen LogP) is 2.13. The fourth-order valence-electron chi connectivity index (χ4n) is 1.82. The maximum atomic E-state index is 13.7. The van der Waals surface area contributed by atoms with Crippen LogP contribution in [0.1, 0.15) is 10.5 Å². The molecule has 0 amide bonds. The Balaban J connectivity index is 2.08. The summed E-state index contributed by atoms with van der Waals surface area (Å²) >= 11 is 1.00. The van der Waals surface area contributed by atoms with Crippen molar-refractivity contribution >= 4 is 17.3 Å². The molecule has 0 spiro atoms. The van der Waals surface area contributed by atoms with Crippen molar-refractivity contribution < 1.29 is 14.3 Å². The number of rotatable bonds is 3. The lowest BCUT2D eigenvalue weighted by atomic mass is 10.1. The topological polar surface area (TPSA) is 88.0 Å². The molecule has 106 valence electrons. The number of aromatic carboxylic acids is 1. The number of carboxylic acid groups (broad SMARTS) is 1. The molecule has 0 saturated heterocycles. The predicted molar refractivity (Wildman–Crippen MR) is 74.4 cm³/mol. The lowest BCUT2D eigenvalue weighted by molar-refractivity contribution is 0.0691. The standard InChI is InChI=1S/C13H8FN3O3S/c14-8-4-2-1-3-7(8)9-5-11(18)17(16-9)13-15-10(6-21-13)12(19)20/h1-6,16H,(H,19,20). The molecule has 0 fully saturated rings. The summed E-state index contributed by atoms with van der Waals surface area (Å²) in [6, 6.07) is 7.26. The SMILES string of the molecule is O=C(O)c1csc(-n2[nH]c(-c3ccccc3F)cc2=O)n1. The molecule has 3 aromatic rings. The first-order valence-corrected chi connectivity index (χ1v) is 6.70. The fraction of sp³-hybridized carbons (Fsp3) is 0. The molecule has 2 N–H and O–H groups in total. The Hall–Kier alpha value is -2.74. The molecular weight excluding hydrogens is 297 g/mol. The minimum atomic E-state index is -1.17. The van der Waals surface area contributed by atoms with Crippen LogP contribution >= 0.6 is 11.3 Å². The summed E-state index contributed by atoms with van der Waals surface area (Å²) in [5.41, 5.74) is -0.0444. The summed E-state index contributed by atoms with van der Waals surface area (Å²) in [6.45, 7) is 0. The zero-order chi connectivity index (χ0) is 15.0. The molecule has 0 aliphatic rings. The van der Waals surface area contributed by atoms with Gasteiger partial charge < -0.3 is 5.11 Å². The van der Waals surface area contributed by atoms with E-state index < -0.39 is 17.3 Å². The number of nitrogens with zero attached hydrogens (tertiary/aromatic N) is 2. The Morgan fingerprint density at radius 2 is 2.14 bits per heavy atom. The third-order valence-corrected chi connectivity index (χ3v) is 3.61. The van der Waals surface area contributed by atoms with E-state index >= 15 is 0 Å². The lowest BCUT2D eigenvalue weighted by Crippen LogP contribution is -2.13. The van der Waals surface area contributed by atoms with Gasteiger partial charge in [0.05, 0.1) is 5.69 Å². The Bertz CT molecular complexity index is 881. The molecule has 0 unspecified atom stereocenters. The number of aromatic nitrogens is 3. The molecule has 0 aliphatic heterocycles. The number of carboxylic acids is 1. The van der Waals surface area contributed by atoms with Gasteiger partial charge in [-0.25, -0.2) is 14.2 Å². The third kappa shape index (κ3) is 2.36. The Labute approximate surface area is 121 Å². The summed E-state index contributed by atoms with van der Waals surface area (Å²) in [6.07, 6.45) is 0. The van der Waals surface area contributed by atoms with E-state index in [0.29, 0.717) is 5.69 Å². The Kier molecular flexibility index (Phi) is 3.15. The zero-order valence-corrected chi connectivity index (χ0v) is 11.2. The zero-order valence-electron chi connectivity index (χ0n) is 10.4. The average Bonchev–Trinajstić information content (AvgIpc) is 3.05. The molecule has 0 saturated carbocycles. The second kappa shape index (κ2) is 4.98.